The van der Waals surface area contributed by atoms with Crippen LogP contribution in [-0.4, -0.2) is 15.5 Å². The molecule has 4 nitrogen and oxygen atoms in total. The molecule has 2 heterocycles. The Hall–Kier alpha value is -2.30. The Kier molecular flexibility index (Phi) is 5.82. The van der Waals surface area contributed by atoms with Crippen molar-refractivity contribution in [1.82, 2.24) is 9.55 Å². The summed E-state index contributed by atoms with van der Waals surface area (Å²) in [5.74, 6) is 0.537. The predicted molar refractivity (Wildman–Crippen MR) is 116 cm³/mol. The Labute approximate surface area is 175 Å². The second-order valence-electron chi connectivity index (χ2n) is 6.74. The molecular weight excluding hydrogens is 393 g/mol. The lowest BCUT2D eigenvalue weighted by molar-refractivity contribution is -0.123. The second kappa shape index (κ2) is 7.98. The molecule has 1 aromatic heterocycles. The van der Waals surface area contributed by atoms with Crippen molar-refractivity contribution in [3.05, 3.63) is 76.0 Å². The van der Waals surface area contributed by atoms with Gasteiger partial charge in [-0.25, -0.2) is 9.88 Å². The summed E-state index contributed by atoms with van der Waals surface area (Å²) in [6.07, 6.45) is 2.35. The van der Waals surface area contributed by atoms with Gasteiger partial charge in [-0.3, -0.25) is 9.36 Å². The number of carbonyl (C=O) groups excluding carboxylic acids is 1. The number of benzene rings is 2. The maximum Gasteiger partial charge on any atom is 0.260 e. The van der Waals surface area contributed by atoms with Crippen LogP contribution in [0.15, 0.2) is 54.7 Å². The van der Waals surface area contributed by atoms with Crippen molar-refractivity contribution in [1.29, 1.82) is 0 Å². The zero-order valence-corrected chi connectivity index (χ0v) is 17.9. The zero-order chi connectivity index (χ0) is 20.5. The number of halogens is 2. The SMILES string of the molecule is CC.Cc1cnc2n1[C@](C)(Cc1ccccc1)C(=O)N2c1cc(Cl)cc(Cl)c1. The van der Waals surface area contributed by atoms with Gasteiger partial charge in [0.2, 0.25) is 5.95 Å². The molecule has 3 aromatic rings. The summed E-state index contributed by atoms with van der Waals surface area (Å²) < 4.78 is 2.00. The van der Waals surface area contributed by atoms with Crippen LogP contribution in [0.3, 0.4) is 0 Å². The monoisotopic (exact) mass is 415 g/mol. The third-order valence-electron chi connectivity index (χ3n) is 4.77. The highest BCUT2D eigenvalue weighted by Gasteiger charge is 2.49. The van der Waals surface area contributed by atoms with E-state index in [2.05, 4.69) is 4.98 Å². The summed E-state index contributed by atoms with van der Waals surface area (Å²) in [7, 11) is 0. The Morgan fingerprint density at radius 3 is 2.25 bits per heavy atom. The van der Waals surface area contributed by atoms with Gasteiger partial charge in [0, 0.05) is 22.2 Å². The summed E-state index contributed by atoms with van der Waals surface area (Å²) in [6, 6.07) is 15.1. The molecule has 0 spiro atoms. The standard InChI is InChI=1S/C20H17Cl2N3O.C2H6/c1-13-12-23-19-24(17-9-15(21)8-16(22)10-17)18(26)20(2,25(13)19)11-14-6-4-3-5-7-14;1-2/h3-10,12H,11H2,1-2H3;1-2H3/t20-;/m1./s1. The van der Waals surface area contributed by atoms with Gasteiger partial charge in [-0.05, 0) is 37.6 Å². The second-order valence-corrected chi connectivity index (χ2v) is 7.61. The van der Waals surface area contributed by atoms with Gasteiger partial charge < -0.3 is 0 Å². The van der Waals surface area contributed by atoms with Crippen molar-refractivity contribution in [3.63, 3.8) is 0 Å². The van der Waals surface area contributed by atoms with Crippen molar-refractivity contribution >= 4 is 40.7 Å². The number of anilines is 2. The Morgan fingerprint density at radius 2 is 1.64 bits per heavy atom. The molecule has 0 aliphatic carbocycles. The van der Waals surface area contributed by atoms with Gasteiger partial charge in [0.25, 0.3) is 5.91 Å². The average Bonchev–Trinajstić information content (AvgIpc) is 3.14. The summed E-state index contributed by atoms with van der Waals surface area (Å²) in [5, 5.41) is 0.957. The number of aryl methyl sites for hydroxylation is 1. The molecule has 146 valence electrons. The van der Waals surface area contributed by atoms with E-state index in [0.717, 1.165) is 11.3 Å². The fraction of sp³-hybridized carbons (Fsp3) is 0.273. The molecule has 1 aliphatic rings. The van der Waals surface area contributed by atoms with E-state index in [9.17, 15) is 4.79 Å². The molecule has 0 N–H and O–H groups in total. The molecule has 1 atom stereocenters. The minimum atomic E-state index is -0.772. The van der Waals surface area contributed by atoms with Crippen LogP contribution in [0, 0.1) is 6.92 Å². The maximum absolute atomic E-state index is 13.5. The minimum Gasteiger partial charge on any atom is -0.299 e. The van der Waals surface area contributed by atoms with E-state index in [4.69, 9.17) is 23.2 Å². The maximum atomic E-state index is 13.5. The molecule has 6 heteroatoms. The highest BCUT2D eigenvalue weighted by Crippen LogP contribution is 2.43. The van der Waals surface area contributed by atoms with Gasteiger partial charge >= 0.3 is 0 Å². The third-order valence-corrected chi connectivity index (χ3v) is 5.21. The Bertz CT molecular complexity index is 980. The average molecular weight is 416 g/mol. The van der Waals surface area contributed by atoms with Gasteiger partial charge in [-0.2, -0.15) is 0 Å². The summed E-state index contributed by atoms with van der Waals surface area (Å²) >= 11 is 12.3. The van der Waals surface area contributed by atoms with Crippen LogP contribution in [-0.2, 0) is 16.8 Å². The fourth-order valence-electron chi connectivity index (χ4n) is 3.67. The molecule has 28 heavy (non-hydrogen) atoms. The van der Waals surface area contributed by atoms with Crippen molar-refractivity contribution < 1.29 is 4.79 Å². The van der Waals surface area contributed by atoms with Crippen molar-refractivity contribution in [2.45, 2.75) is 39.7 Å². The summed E-state index contributed by atoms with van der Waals surface area (Å²) in [4.78, 5) is 19.6. The van der Waals surface area contributed by atoms with Crippen molar-refractivity contribution in [3.8, 4) is 0 Å². The van der Waals surface area contributed by atoms with E-state index in [1.165, 1.54) is 0 Å². The summed E-state index contributed by atoms with van der Waals surface area (Å²) in [5.41, 5.74) is 1.87. The van der Waals surface area contributed by atoms with E-state index in [1.807, 2.05) is 62.6 Å². The molecular formula is C22H23Cl2N3O. The smallest absolute Gasteiger partial charge is 0.260 e. The molecule has 4 rings (SSSR count). The summed E-state index contributed by atoms with van der Waals surface area (Å²) in [6.45, 7) is 7.91. The Balaban J connectivity index is 0.00000109. The van der Waals surface area contributed by atoms with Crippen LogP contribution in [0.1, 0.15) is 32.0 Å². The van der Waals surface area contributed by atoms with Crippen LogP contribution in [0.2, 0.25) is 10.0 Å². The van der Waals surface area contributed by atoms with Gasteiger partial charge in [-0.15, -0.1) is 0 Å². The Morgan fingerprint density at radius 1 is 1.04 bits per heavy atom. The fourth-order valence-corrected chi connectivity index (χ4v) is 4.18. The molecule has 2 aromatic carbocycles. The van der Waals surface area contributed by atoms with E-state index in [0.29, 0.717) is 28.1 Å². The van der Waals surface area contributed by atoms with Gasteiger partial charge in [0.1, 0.15) is 5.54 Å². The first-order valence-electron chi connectivity index (χ1n) is 9.29. The van der Waals surface area contributed by atoms with Crippen LogP contribution < -0.4 is 4.90 Å². The zero-order valence-electron chi connectivity index (χ0n) is 16.4. The first-order chi connectivity index (χ1) is 13.4. The lowest BCUT2D eigenvalue weighted by Crippen LogP contribution is -2.41. The number of hydrogen-bond acceptors (Lipinski definition) is 2. The number of imidazole rings is 1. The number of rotatable bonds is 3. The molecule has 0 saturated carbocycles. The lowest BCUT2D eigenvalue weighted by Gasteiger charge is -2.26. The van der Waals surface area contributed by atoms with Crippen LogP contribution in [0.5, 0.6) is 0 Å². The quantitative estimate of drug-likeness (QED) is 0.513. The number of aromatic nitrogens is 2. The van der Waals surface area contributed by atoms with Crippen molar-refractivity contribution in [2.75, 3.05) is 4.90 Å². The van der Waals surface area contributed by atoms with E-state index in [-0.39, 0.29) is 5.91 Å². The molecule has 1 amide bonds. The van der Waals surface area contributed by atoms with E-state index >= 15 is 0 Å². The number of carbonyl (C=O) groups is 1. The van der Waals surface area contributed by atoms with Gasteiger partial charge in [0.05, 0.1) is 11.9 Å². The molecule has 0 fully saturated rings. The number of hydrogen-bond donors (Lipinski definition) is 0. The lowest BCUT2D eigenvalue weighted by atomic mass is 9.91. The number of nitrogens with zero attached hydrogens (tertiary/aromatic N) is 3. The first kappa shape index (κ1) is 20.4. The molecule has 0 radical (unpaired) electrons. The molecule has 0 saturated heterocycles. The predicted octanol–water partition coefficient (Wildman–Crippen LogP) is 6.16. The number of amides is 1. The molecule has 1 aliphatic heterocycles. The molecule has 0 unspecified atom stereocenters. The van der Waals surface area contributed by atoms with Crippen molar-refractivity contribution in [2.24, 2.45) is 0 Å². The van der Waals surface area contributed by atoms with Gasteiger partial charge in [0.15, 0.2) is 0 Å². The van der Waals surface area contributed by atoms with Crippen LogP contribution in [0.4, 0.5) is 11.6 Å². The van der Waals surface area contributed by atoms with E-state index < -0.39 is 5.54 Å². The van der Waals surface area contributed by atoms with Gasteiger partial charge in [-0.1, -0.05) is 67.4 Å². The topological polar surface area (TPSA) is 38.1 Å². The first-order valence-corrected chi connectivity index (χ1v) is 10.0. The largest absolute Gasteiger partial charge is 0.299 e. The van der Waals surface area contributed by atoms with Crippen LogP contribution >= 0.6 is 23.2 Å². The van der Waals surface area contributed by atoms with Crippen LogP contribution in [0.25, 0.3) is 0 Å². The third kappa shape index (κ3) is 3.43. The number of fused-ring (bicyclic) bond motifs is 1. The molecule has 0 bridgehead atoms. The normalized spacial score (nSPS) is 17.9. The minimum absolute atomic E-state index is 0.0501. The highest BCUT2D eigenvalue weighted by molar-refractivity contribution is 6.35. The van der Waals surface area contributed by atoms with E-state index in [1.54, 1.807) is 29.3 Å². The highest BCUT2D eigenvalue weighted by atomic mass is 35.5.